The Bertz CT molecular complexity index is 256. The number of urea groups is 1. The predicted octanol–water partition coefficient (Wildman–Crippen LogP) is 0.948. The van der Waals surface area contributed by atoms with Gasteiger partial charge in [-0.15, -0.1) is 0 Å². The highest BCUT2D eigenvalue weighted by Gasteiger charge is 2.12. The van der Waals surface area contributed by atoms with Crippen LogP contribution in [0.2, 0.25) is 0 Å². The Hall–Kier alpha value is -1.30. The molecule has 0 bridgehead atoms. The number of rotatable bonds is 9. The molecule has 6 nitrogen and oxygen atoms in total. The van der Waals surface area contributed by atoms with E-state index in [1.165, 1.54) is 0 Å². The fourth-order valence-corrected chi connectivity index (χ4v) is 1.39. The SMILES string of the molecule is CC(C)CCCCNC(=O)NCCC(O)C(=O)O. The number of carbonyl (C=O) groups is 2. The highest BCUT2D eigenvalue weighted by Crippen LogP contribution is 2.04. The zero-order valence-electron chi connectivity index (χ0n) is 11.1. The molecule has 6 heteroatoms. The van der Waals surface area contributed by atoms with Crippen molar-refractivity contribution in [2.24, 2.45) is 5.92 Å². The van der Waals surface area contributed by atoms with Crippen molar-refractivity contribution in [1.29, 1.82) is 0 Å². The molecule has 0 heterocycles. The molecule has 0 spiro atoms. The lowest BCUT2D eigenvalue weighted by Crippen LogP contribution is -2.38. The molecule has 0 rings (SSSR count). The maximum atomic E-state index is 11.2. The molecule has 0 saturated heterocycles. The third-order valence-electron chi connectivity index (χ3n) is 2.48. The van der Waals surface area contributed by atoms with Crippen LogP contribution in [0, 0.1) is 5.92 Å². The monoisotopic (exact) mass is 260 g/mol. The number of carboxylic acid groups (broad SMARTS) is 1. The highest BCUT2D eigenvalue weighted by molar-refractivity contribution is 5.74. The quantitative estimate of drug-likeness (QED) is 0.464. The summed E-state index contributed by atoms with van der Waals surface area (Å²) < 4.78 is 0. The molecule has 0 aromatic heterocycles. The molecule has 0 aromatic carbocycles. The van der Waals surface area contributed by atoms with Gasteiger partial charge < -0.3 is 20.8 Å². The van der Waals surface area contributed by atoms with E-state index < -0.39 is 12.1 Å². The Morgan fingerprint density at radius 2 is 1.67 bits per heavy atom. The van der Waals surface area contributed by atoms with Gasteiger partial charge in [-0.2, -0.15) is 0 Å². The number of nitrogens with one attached hydrogen (secondary N) is 2. The fraction of sp³-hybridized carbons (Fsp3) is 0.833. The second kappa shape index (κ2) is 9.70. The van der Waals surface area contributed by atoms with Gasteiger partial charge in [0.25, 0.3) is 0 Å². The van der Waals surface area contributed by atoms with Crippen LogP contribution < -0.4 is 10.6 Å². The van der Waals surface area contributed by atoms with E-state index in [1.807, 2.05) is 0 Å². The molecule has 1 atom stereocenters. The summed E-state index contributed by atoms with van der Waals surface area (Å²) in [6.45, 7) is 5.08. The number of hydrogen-bond donors (Lipinski definition) is 4. The normalized spacial score (nSPS) is 12.2. The Balaban J connectivity index is 3.41. The number of aliphatic carboxylic acids is 1. The number of amides is 2. The van der Waals surface area contributed by atoms with Crippen LogP contribution in [0.5, 0.6) is 0 Å². The number of carbonyl (C=O) groups excluding carboxylic acids is 1. The lowest BCUT2D eigenvalue weighted by molar-refractivity contribution is -0.146. The third-order valence-corrected chi connectivity index (χ3v) is 2.48. The molecule has 106 valence electrons. The first kappa shape index (κ1) is 16.7. The first-order valence-corrected chi connectivity index (χ1v) is 6.36. The van der Waals surface area contributed by atoms with Gasteiger partial charge in [0, 0.05) is 19.5 Å². The molecule has 0 aromatic rings. The van der Waals surface area contributed by atoms with Gasteiger partial charge in [0.2, 0.25) is 0 Å². The van der Waals surface area contributed by atoms with Crippen molar-refractivity contribution in [2.45, 2.75) is 45.6 Å². The predicted molar refractivity (Wildman–Crippen MR) is 68.4 cm³/mol. The van der Waals surface area contributed by atoms with E-state index in [4.69, 9.17) is 10.2 Å². The minimum absolute atomic E-state index is 0.0100. The standard InChI is InChI=1S/C12H24N2O4/c1-9(2)5-3-4-7-13-12(18)14-8-6-10(15)11(16)17/h9-10,15H,3-8H2,1-2H3,(H,16,17)(H2,13,14,18). The van der Waals surface area contributed by atoms with Crippen molar-refractivity contribution in [2.75, 3.05) is 13.1 Å². The topological polar surface area (TPSA) is 98.7 Å². The Morgan fingerprint density at radius 1 is 1.06 bits per heavy atom. The fourth-order valence-electron chi connectivity index (χ4n) is 1.39. The van der Waals surface area contributed by atoms with Gasteiger partial charge in [0.1, 0.15) is 0 Å². The van der Waals surface area contributed by atoms with Crippen LogP contribution in [0.4, 0.5) is 4.79 Å². The lowest BCUT2D eigenvalue weighted by atomic mass is 10.1. The Labute approximate surface area is 108 Å². The van der Waals surface area contributed by atoms with Gasteiger partial charge in [0.15, 0.2) is 6.10 Å². The summed E-state index contributed by atoms with van der Waals surface area (Å²) in [4.78, 5) is 21.5. The molecule has 0 aliphatic rings. The average Bonchev–Trinajstić information content (AvgIpc) is 2.27. The van der Waals surface area contributed by atoms with E-state index in [2.05, 4.69) is 24.5 Å². The van der Waals surface area contributed by atoms with Gasteiger partial charge >= 0.3 is 12.0 Å². The van der Waals surface area contributed by atoms with Crippen molar-refractivity contribution in [3.05, 3.63) is 0 Å². The Morgan fingerprint density at radius 3 is 2.22 bits per heavy atom. The number of unbranched alkanes of at least 4 members (excludes halogenated alkanes) is 1. The van der Waals surface area contributed by atoms with Crippen LogP contribution in [0.25, 0.3) is 0 Å². The maximum Gasteiger partial charge on any atom is 0.332 e. The number of aliphatic hydroxyl groups is 1. The van der Waals surface area contributed by atoms with Gasteiger partial charge in [-0.25, -0.2) is 9.59 Å². The zero-order valence-corrected chi connectivity index (χ0v) is 11.1. The average molecular weight is 260 g/mol. The molecular weight excluding hydrogens is 236 g/mol. The van der Waals surface area contributed by atoms with E-state index in [-0.39, 0.29) is 19.0 Å². The zero-order chi connectivity index (χ0) is 14.0. The maximum absolute atomic E-state index is 11.2. The second-order valence-electron chi connectivity index (χ2n) is 4.72. The summed E-state index contributed by atoms with van der Waals surface area (Å²) in [6.07, 6.45) is 1.75. The van der Waals surface area contributed by atoms with Crippen LogP contribution in [-0.2, 0) is 4.79 Å². The van der Waals surface area contributed by atoms with E-state index in [9.17, 15) is 9.59 Å². The van der Waals surface area contributed by atoms with Crippen LogP contribution >= 0.6 is 0 Å². The molecule has 0 aliphatic heterocycles. The largest absolute Gasteiger partial charge is 0.479 e. The first-order valence-electron chi connectivity index (χ1n) is 6.36. The van der Waals surface area contributed by atoms with Crippen LogP contribution in [0.1, 0.15) is 39.5 Å². The van der Waals surface area contributed by atoms with E-state index in [0.29, 0.717) is 12.5 Å². The molecular formula is C12H24N2O4. The summed E-state index contributed by atoms with van der Waals surface area (Å²) in [6, 6.07) is -0.322. The molecule has 0 radical (unpaired) electrons. The van der Waals surface area contributed by atoms with Gasteiger partial charge in [-0.1, -0.05) is 26.7 Å². The second-order valence-corrected chi connectivity index (χ2v) is 4.72. The summed E-state index contributed by atoms with van der Waals surface area (Å²) in [5.41, 5.74) is 0. The van der Waals surface area contributed by atoms with Crippen LogP contribution in [0.15, 0.2) is 0 Å². The van der Waals surface area contributed by atoms with Crippen LogP contribution in [0.3, 0.4) is 0 Å². The minimum atomic E-state index is -1.42. The highest BCUT2D eigenvalue weighted by atomic mass is 16.4. The van der Waals surface area contributed by atoms with E-state index in [1.54, 1.807) is 0 Å². The summed E-state index contributed by atoms with van der Waals surface area (Å²) in [7, 11) is 0. The van der Waals surface area contributed by atoms with Crippen molar-refractivity contribution >= 4 is 12.0 Å². The van der Waals surface area contributed by atoms with Crippen molar-refractivity contribution in [3.8, 4) is 0 Å². The molecule has 2 amide bonds. The molecule has 0 fully saturated rings. The molecule has 0 aliphatic carbocycles. The summed E-state index contributed by atoms with van der Waals surface area (Å²) in [5.74, 6) is -0.595. The molecule has 18 heavy (non-hydrogen) atoms. The van der Waals surface area contributed by atoms with Gasteiger partial charge in [-0.3, -0.25) is 0 Å². The Kier molecular flexibility index (Phi) is 9.00. The summed E-state index contributed by atoms with van der Waals surface area (Å²) >= 11 is 0. The van der Waals surface area contributed by atoms with Gasteiger partial charge in [0.05, 0.1) is 0 Å². The van der Waals surface area contributed by atoms with E-state index in [0.717, 1.165) is 19.3 Å². The summed E-state index contributed by atoms with van der Waals surface area (Å²) in [5, 5.41) is 22.6. The smallest absolute Gasteiger partial charge is 0.332 e. The van der Waals surface area contributed by atoms with Crippen LogP contribution in [-0.4, -0.2) is 41.4 Å². The third kappa shape index (κ3) is 9.89. The van der Waals surface area contributed by atoms with E-state index >= 15 is 0 Å². The number of carboxylic acids is 1. The van der Waals surface area contributed by atoms with Crippen molar-refractivity contribution < 1.29 is 19.8 Å². The number of hydrogen-bond acceptors (Lipinski definition) is 3. The molecule has 0 saturated carbocycles. The lowest BCUT2D eigenvalue weighted by Gasteiger charge is -2.09. The molecule has 1 unspecified atom stereocenters. The molecule has 4 N–H and O–H groups in total. The minimum Gasteiger partial charge on any atom is -0.479 e. The van der Waals surface area contributed by atoms with Gasteiger partial charge in [-0.05, 0) is 12.3 Å². The van der Waals surface area contributed by atoms with Crippen molar-refractivity contribution in [3.63, 3.8) is 0 Å². The first-order chi connectivity index (χ1) is 8.43. The number of aliphatic hydroxyl groups excluding tert-OH is 1. The van der Waals surface area contributed by atoms with Crippen molar-refractivity contribution in [1.82, 2.24) is 10.6 Å².